The van der Waals surface area contributed by atoms with Crippen molar-refractivity contribution in [3.63, 3.8) is 0 Å². The molecule has 0 saturated carbocycles. The van der Waals surface area contributed by atoms with Gasteiger partial charge in [0.05, 0.1) is 22.5 Å². The van der Waals surface area contributed by atoms with Crippen LogP contribution in [0.3, 0.4) is 0 Å². The molecule has 5 nitrogen and oxygen atoms in total. The maximum Gasteiger partial charge on any atom is 0.272 e. The largest absolute Gasteiger partial charge is 0.397 e. The van der Waals surface area contributed by atoms with Gasteiger partial charge in [0.15, 0.2) is 0 Å². The van der Waals surface area contributed by atoms with Crippen LogP contribution in [0.1, 0.15) is 5.56 Å². The minimum atomic E-state index is -0.203. The van der Waals surface area contributed by atoms with Crippen LogP contribution in [-0.4, -0.2) is 10.2 Å². The van der Waals surface area contributed by atoms with Crippen molar-refractivity contribution in [3.8, 4) is 11.3 Å². The number of aromatic amines is 1. The van der Waals surface area contributed by atoms with Crippen LogP contribution >= 0.6 is 0 Å². The molecule has 2 aromatic carbocycles. The van der Waals surface area contributed by atoms with Crippen molar-refractivity contribution in [2.24, 2.45) is 0 Å². The van der Waals surface area contributed by atoms with Crippen molar-refractivity contribution >= 4 is 22.1 Å². The molecule has 0 unspecified atom stereocenters. The molecule has 0 saturated heterocycles. The number of benzene rings is 2. The summed E-state index contributed by atoms with van der Waals surface area (Å²) in [5.74, 6) is 0. The fourth-order valence-electron chi connectivity index (χ4n) is 2.33. The van der Waals surface area contributed by atoms with E-state index in [1.807, 2.05) is 31.2 Å². The summed E-state index contributed by atoms with van der Waals surface area (Å²) in [6.07, 6.45) is 0. The molecule has 1 aromatic heterocycles. The van der Waals surface area contributed by atoms with E-state index in [1.165, 1.54) is 0 Å². The highest BCUT2D eigenvalue weighted by Crippen LogP contribution is 2.32. The molecule has 0 fully saturated rings. The summed E-state index contributed by atoms with van der Waals surface area (Å²) in [6, 6.07) is 11.0. The molecule has 20 heavy (non-hydrogen) atoms. The van der Waals surface area contributed by atoms with Crippen molar-refractivity contribution in [3.05, 3.63) is 52.3 Å². The van der Waals surface area contributed by atoms with E-state index in [1.54, 1.807) is 12.1 Å². The number of nitrogens with zero attached hydrogens (tertiary/aromatic N) is 1. The maximum absolute atomic E-state index is 11.8. The molecular formula is C15H14N4O. The van der Waals surface area contributed by atoms with Gasteiger partial charge in [-0.2, -0.15) is 5.10 Å². The fraction of sp³-hybridized carbons (Fsp3) is 0.0667. The topological polar surface area (TPSA) is 97.8 Å². The maximum atomic E-state index is 11.8. The van der Waals surface area contributed by atoms with Crippen molar-refractivity contribution in [1.82, 2.24) is 10.2 Å². The standard InChI is InChI=1S/C15H14N4O/c1-8-9(6-7-12(16)13(8)17)14-10-4-2-3-5-11(10)15(20)19-18-14/h2-7H,16-17H2,1H3,(H,19,20). The monoisotopic (exact) mass is 266 g/mol. The third-order valence-corrected chi connectivity index (χ3v) is 3.50. The second-order valence-electron chi connectivity index (χ2n) is 4.69. The van der Waals surface area contributed by atoms with Crippen LogP contribution in [0.25, 0.3) is 22.0 Å². The lowest BCUT2D eigenvalue weighted by molar-refractivity contribution is 1.02. The summed E-state index contributed by atoms with van der Waals surface area (Å²) in [5, 5.41) is 8.10. The second-order valence-corrected chi connectivity index (χ2v) is 4.69. The van der Waals surface area contributed by atoms with Gasteiger partial charge in [-0.3, -0.25) is 4.79 Å². The number of hydrogen-bond acceptors (Lipinski definition) is 4. The molecule has 1 heterocycles. The third-order valence-electron chi connectivity index (χ3n) is 3.50. The molecule has 0 aliphatic rings. The number of rotatable bonds is 1. The molecule has 0 radical (unpaired) electrons. The first-order valence-corrected chi connectivity index (χ1v) is 6.22. The van der Waals surface area contributed by atoms with Crippen LogP contribution in [0.4, 0.5) is 11.4 Å². The predicted octanol–water partition coefficient (Wildman–Crippen LogP) is 2.06. The molecule has 0 aliphatic heterocycles. The summed E-state index contributed by atoms with van der Waals surface area (Å²) in [7, 11) is 0. The van der Waals surface area contributed by atoms with Crippen LogP contribution in [0.5, 0.6) is 0 Å². The SMILES string of the molecule is Cc1c(-c2n[nH]c(=O)c3ccccc23)ccc(N)c1N. The van der Waals surface area contributed by atoms with Crippen LogP contribution in [0, 0.1) is 6.92 Å². The molecule has 0 spiro atoms. The molecule has 5 heteroatoms. The fourth-order valence-corrected chi connectivity index (χ4v) is 2.33. The van der Waals surface area contributed by atoms with Crippen molar-refractivity contribution in [2.75, 3.05) is 11.5 Å². The number of aromatic nitrogens is 2. The number of nitrogens with one attached hydrogen (secondary N) is 1. The van der Waals surface area contributed by atoms with Gasteiger partial charge in [0.2, 0.25) is 0 Å². The molecule has 5 N–H and O–H groups in total. The Morgan fingerprint density at radius 1 is 1.05 bits per heavy atom. The highest BCUT2D eigenvalue weighted by atomic mass is 16.1. The Hall–Kier alpha value is -2.82. The van der Waals surface area contributed by atoms with E-state index in [9.17, 15) is 4.79 Å². The summed E-state index contributed by atoms with van der Waals surface area (Å²) in [5.41, 5.74) is 15.1. The van der Waals surface area contributed by atoms with Crippen molar-refractivity contribution in [2.45, 2.75) is 6.92 Å². The van der Waals surface area contributed by atoms with Crippen LogP contribution in [0.15, 0.2) is 41.2 Å². The van der Waals surface area contributed by atoms with Gasteiger partial charge >= 0.3 is 0 Å². The van der Waals surface area contributed by atoms with Gasteiger partial charge in [0.25, 0.3) is 5.56 Å². The van der Waals surface area contributed by atoms with E-state index < -0.39 is 0 Å². The first-order valence-electron chi connectivity index (χ1n) is 6.22. The predicted molar refractivity (Wildman–Crippen MR) is 81.4 cm³/mol. The Balaban J connectivity index is 2.39. The van der Waals surface area contributed by atoms with Gasteiger partial charge in [0, 0.05) is 10.9 Å². The highest BCUT2D eigenvalue weighted by Gasteiger charge is 2.12. The van der Waals surface area contributed by atoms with Gasteiger partial charge in [-0.15, -0.1) is 0 Å². The molecule has 0 bridgehead atoms. The van der Waals surface area contributed by atoms with Gasteiger partial charge in [-0.05, 0) is 24.6 Å². The zero-order valence-electron chi connectivity index (χ0n) is 11.0. The normalized spacial score (nSPS) is 10.8. The Morgan fingerprint density at radius 2 is 1.75 bits per heavy atom. The smallest absolute Gasteiger partial charge is 0.272 e. The molecule has 100 valence electrons. The zero-order valence-corrected chi connectivity index (χ0v) is 11.0. The summed E-state index contributed by atoms with van der Waals surface area (Å²) >= 11 is 0. The average Bonchev–Trinajstić information content (AvgIpc) is 2.47. The van der Waals surface area contributed by atoms with Crippen LogP contribution in [-0.2, 0) is 0 Å². The van der Waals surface area contributed by atoms with Crippen LogP contribution < -0.4 is 17.0 Å². The summed E-state index contributed by atoms with van der Waals surface area (Å²) < 4.78 is 0. The minimum absolute atomic E-state index is 0.203. The molecule has 0 atom stereocenters. The zero-order chi connectivity index (χ0) is 14.3. The first-order chi connectivity index (χ1) is 9.59. The number of hydrogen-bond donors (Lipinski definition) is 3. The lowest BCUT2D eigenvalue weighted by Crippen LogP contribution is -2.10. The first kappa shape index (κ1) is 12.2. The molecular weight excluding hydrogens is 252 g/mol. The van der Waals surface area contributed by atoms with E-state index in [2.05, 4.69) is 10.2 Å². The van der Waals surface area contributed by atoms with Gasteiger partial charge < -0.3 is 11.5 Å². The number of H-pyrrole nitrogens is 1. The lowest BCUT2D eigenvalue weighted by atomic mass is 9.99. The molecule has 3 rings (SSSR count). The summed E-state index contributed by atoms with van der Waals surface area (Å²) in [4.78, 5) is 11.8. The number of nitrogens with two attached hydrogens (primary N) is 2. The lowest BCUT2D eigenvalue weighted by Gasteiger charge is -2.11. The van der Waals surface area contributed by atoms with Gasteiger partial charge in [-0.25, -0.2) is 5.10 Å². The molecule has 0 aliphatic carbocycles. The second kappa shape index (κ2) is 4.38. The Kier molecular flexibility index (Phi) is 2.68. The van der Waals surface area contributed by atoms with E-state index in [0.717, 1.165) is 16.5 Å². The Labute approximate surface area is 115 Å². The third kappa shape index (κ3) is 1.72. The number of nitrogen functional groups attached to an aromatic ring is 2. The minimum Gasteiger partial charge on any atom is -0.397 e. The van der Waals surface area contributed by atoms with E-state index in [4.69, 9.17) is 11.5 Å². The average molecular weight is 266 g/mol. The van der Waals surface area contributed by atoms with Gasteiger partial charge in [-0.1, -0.05) is 24.3 Å². The van der Waals surface area contributed by atoms with Crippen molar-refractivity contribution < 1.29 is 0 Å². The number of fused-ring (bicyclic) bond motifs is 1. The Morgan fingerprint density at radius 3 is 2.50 bits per heavy atom. The van der Waals surface area contributed by atoms with Gasteiger partial charge in [0.1, 0.15) is 0 Å². The Bertz CT molecular complexity index is 867. The molecule has 0 amide bonds. The number of anilines is 2. The van der Waals surface area contributed by atoms with E-state index in [-0.39, 0.29) is 5.56 Å². The summed E-state index contributed by atoms with van der Waals surface area (Å²) in [6.45, 7) is 1.89. The quantitative estimate of drug-likeness (QED) is 0.587. The van der Waals surface area contributed by atoms with E-state index in [0.29, 0.717) is 22.5 Å². The highest BCUT2D eigenvalue weighted by molar-refractivity contribution is 5.95. The van der Waals surface area contributed by atoms with Crippen molar-refractivity contribution in [1.29, 1.82) is 0 Å². The van der Waals surface area contributed by atoms with Crippen LogP contribution in [0.2, 0.25) is 0 Å². The van der Waals surface area contributed by atoms with E-state index >= 15 is 0 Å². The molecule has 3 aromatic rings.